The van der Waals surface area contributed by atoms with Crippen molar-refractivity contribution in [3.8, 4) is 0 Å². The molecule has 4 aliphatic rings. The van der Waals surface area contributed by atoms with Crippen LogP contribution < -0.4 is 0 Å². The summed E-state index contributed by atoms with van der Waals surface area (Å²) in [5, 5.41) is 0. The van der Waals surface area contributed by atoms with Crippen LogP contribution in [0.1, 0.15) is 6.42 Å². The minimum atomic E-state index is -0.294. The normalized spacial score (nSPS) is 61.4. The zero-order valence-electron chi connectivity index (χ0n) is 7.01. The minimum absolute atomic E-state index is 0.0529. The molecule has 0 spiro atoms. The molecule has 0 radical (unpaired) electrons. The van der Waals surface area contributed by atoms with Crippen LogP contribution in [0.5, 0.6) is 0 Å². The van der Waals surface area contributed by atoms with Crippen molar-refractivity contribution in [2.45, 2.75) is 19.0 Å². The smallest absolute Gasteiger partial charge is 0.311 e. The highest BCUT2D eigenvalue weighted by atomic mass is 16.8. The Hall–Kier alpha value is -0.610. The molecule has 0 aromatic heterocycles. The number of carbonyl (C=O) groups is 1. The Labute approximate surface area is 75.1 Å². The van der Waals surface area contributed by atoms with Crippen LogP contribution in [-0.2, 0) is 19.0 Å². The SMILES string of the molecule is O=C1O[C@@H]2O[C@@H]3OCC4CC1C2C43. The van der Waals surface area contributed by atoms with Crippen molar-refractivity contribution >= 4 is 5.97 Å². The van der Waals surface area contributed by atoms with Gasteiger partial charge in [-0.2, -0.15) is 0 Å². The van der Waals surface area contributed by atoms with Crippen LogP contribution in [-0.4, -0.2) is 25.2 Å². The summed E-state index contributed by atoms with van der Waals surface area (Å²) >= 11 is 0. The summed E-state index contributed by atoms with van der Waals surface area (Å²) in [6.45, 7) is 0.766. The molecule has 13 heavy (non-hydrogen) atoms. The fourth-order valence-corrected chi connectivity index (χ4v) is 3.42. The second-order valence-electron chi connectivity index (χ2n) is 4.40. The highest BCUT2D eigenvalue weighted by Crippen LogP contribution is 2.58. The maximum absolute atomic E-state index is 11.4. The van der Waals surface area contributed by atoms with Gasteiger partial charge in [0.15, 0.2) is 6.29 Å². The number of carbonyl (C=O) groups excluding carboxylic acids is 1. The Bertz CT molecular complexity index is 289. The van der Waals surface area contributed by atoms with E-state index in [1.807, 2.05) is 0 Å². The third kappa shape index (κ3) is 0.616. The molecule has 6 atom stereocenters. The van der Waals surface area contributed by atoms with Crippen LogP contribution in [0.3, 0.4) is 0 Å². The van der Waals surface area contributed by atoms with E-state index in [1.165, 1.54) is 0 Å². The summed E-state index contributed by atoms with van der Waals surface area (Å²) in [6, 6.07) is 0. The predicted octanol–water partition coefficient (Wildman–Crippen LogP) is 0.124. The Balaban J connectivity index is 1.82. The summed E-state index contributed by atoms with van der Waals surface area (Å²) in [7, 11) is 0. The molecule has 0 N–H and O–H groups in total. The predicted molar refractivity (Wildman–Crippen MR) is 39.3 cm³/mol. The highest BCUT2D eigenvalue weighted by Gasteiger charge is 2.66. The second kappa shape index (κ2) is 1.91. The average Bonchev–Trinajstić information content (AvgIpc) is 2.70. The minimum Gasteiger partial charge on any atom is -0.435 e. The summed E-state index contributed by atoms with van der Waals surface area (Å²) in [5.74, 6) is 1.32. The molecule has 3 aliphatic heterocycles. The first-order valence-corrected chi connectivity index (χ1v) is 4.82. The van der Waals surface area contributed by atoms with Crippen LogP contribution in [0.4, 0.5) is 0 Å². The first-order valence-electron chi connectivity index (χ1n) is 4.82. The fraction of sp³-hybridized carbons (Fsp3) is 0.889. The topological polar surface area (TPSA) is 44.8 Å². The second-order valence-corrected chi connectivity index (χ2v) is 4.40. The van der Waals surface area contributed by atoms with Gasteiger partial charge in [0.2, 0.25) is 6.29 Å². The van der Waals surface area contributed by atoms with Gasteiger partial charge in [-0.05, 0) is 12.3 Å². The summed E-state index contributed by atoms with van der Waals surface area (Å²) < 4.78 is 16.1. The molecule has 4 rings (SSSR count). The Morgan fingerprint density at radius 3 is 3.08 bits per heavy atom. The molecule has 3 heterocycles. The summed E-state index contributed by atoms with van der Waals surface area (Å²) in [6.07, 6.45) is 0.570. The third-order valence-corrected chi connectivity index (χ3v) is 3.92. The van der Waals surface area contributed by atoms with E-state index in [4.69, 9.17) is 14.2 Å². The standard InChI is InChI=1S/C9H10O4/c10-7-4-1-3-2-11-8-5(3)6(4)9(12-7)13-8/h3-6,8-9H,1-2H2/t3?,4?,5?,6?,8-,9+/m0/s1. The van der Waals surface area contributed by atoms with Gasteiger partial charge in [0.25, 0.3) is 0 Å². The highest BCUT2D eigenvalue weighted by molar-refractivity contribution is 5.76. The maximum Gasteiger partial charge on any atom is 0.311 e. The zero-order valence-corrected chi connectivity index (χ0v) is 7.01. The number of ether oxygens (including phenoxy) is 3. The van der Waals surface area contributed by atoms with Crippen molar-refractivity contribution in [2.24, 2.45) is 23.7 Å². The largest absolute Gasteiger partial charge is 0.435 e. The summed E-state index contributed by atoms with van der Waals surface area (Å²) in [5.41, 5.74) is 0. The van der Waals surface area contributed by atoms with Gasteiger partial charge in [0.05, 0.1) is 12.5 Å². The molecule has 1 saturated carbocycles. The maximum atomic E-state index is 11.4. The van der Waals surface area contributed by atoms with Gasteiger partial charge >= 0.3 is 5.97 Å². The lowest BCUT2D eigenvalue weighted by atomic mass is 9.91. The molecule has 0 bridgehead atoms. The van der Waals surface area contributed by atoms with Gasteiger partial charge in [-0.15, -0.1) is 0 Å². The van der Waals surface area contributed by atoms with Crippen LogP contribution in [0.15, 0.2) is 0 Å². The average molecular weight is 182 g/mol. The molecule has 1 aliphatic carbocycles. The van der Waals surface area contributed by atoms with E-state index in [2.05, 4.69) is 0 Å². The van der Waals surface area contributed by atoms with Crippen molar-refractivity contribution in [3.05, 3.63) is 0 Å². The van der Waals surface area contributed by atoms with Crippen LogP contribution in [0, 0.1) is 23.7 Å². The van der Waals surface area contributed by atoms with E-state index >= 15 is 0 Å². The van der Waals surface area contributed by atoms with Crippen molar-refractivity contribution < 1.29 is 19.0 Å². The zero-order chi connectivity index (χ0) is 8.58. The van der Waals surface area contributed by atoms with Crippen molar-refractivity contribution in [2.75, 3.05) is 6.61 Å². The molecule has 0 aromatic rings. The third-order valence-electron chi connectivity index (χ3n) is 3.92. The van der Waals surface area contributed by atoms with Crippen LogP contribution >= 0.6 is 0 Å². The number of hydrogen-bond donors (Lipinski definition) is 0. The molecule has 4 heteroatoms. The number of hydrogen-bond acceptors (Lipinski definition) is 4. The molecule has 0 amide bonds. The van der Waals surface area contributed by atoms with Crippen molar-refractivity contribution in [3.63, 3.8) is 0 Å². The van der Waals surface area contributed by atoms with Gasteiger partial charge in [-0.3, -0.25) is 4.79 Å². The van der Waals surface area contributed by atoms with E-state index in [-0.39, 0.29) is 24.5 Å². The van der Waals surface area contributed by atoms with E-state index < -0.39 is 0 Å². The molecule has 4 unspecified atom stereocenters. The fourth-order valence-electron chi connectivity index (χ4n) is 3.42. The molecule has 4 fully saturated rings. The molecular formula is C9H10O4. The van der Waals surface area contributed by atoms with Gasteiger partial charge in [0.1, 0.15) is 0 Å². The molecule has 4 nitrogen and oxygen atoms in total. The molecule has 70 valence electrons. The van der Waals surface area contributed by atoms with Gasteiger partial charge in [-0.25, -0.2) is 0 Å². The van der Waals surface area contributed by atoms with E-state index in [0.29, 0.717) is 17.8 Å². The lowest BCUT2D eigenvalue weighted by Crippen LogP contribution is -2.17. The lowest BCUT2D eigenvalue weighted by molar-refractivity contribution is -0.196. The first-order chi connectivity index (χ1) is 6.34. The Morgan fingerprint density at radius 2 is 2.15 bits per heavy atom. The molecular weight excluding hydrogens is 172 g/mol. The summed E-state index contributed by atoms with van der Waals surface area (Å²) in [4.78, 5) is 11.4. The number of esters is 1. The van der Waals surface area contributed by atoms with E-state index in [0.717, 1.165) is 13.0 Å². The monoisotopic (exact) mass is 182 g/mol. The number of rotatable bonds is 0. The quantitative estimate of drug-likeness (QED) is 0.499. The van der Waals surface area contributed by atoms with Gasteiger partial charge in [0, 0.05) is 11.8 Å². The van der Waals surface area contributed by atoms with Gasteiger partial charge in [-0.1, -0.05) is 0 Å². The van der Waals surface area contributed by atoms with Crippen LogP contribution in [0.25, 0.3) is 0 Å². The van der Waals surface area contributed by atoms with Gasteiger partial charge < -0.3 is 14.2 Å². The molecule has 0 aromatic carbocycles. The lowest BCUT2D eigenvalue weighted by Gasteiger charge is -2.09. The van der Waals surface area contributed by atoms with Crippen molar-refractivity contribution in [1.82, 2.24) is 0 Å². The molecule has 3 saturated heterocycles. The van der Waals surface area contributed by atoms with Crippen molar-refractivity contribution in [1.29, 1.82) is 0 Å². The Kier molecular flexibility index (Phi) is 0.996. The van der Waals surface area contributed by atoms with Crippen LogP contribution in [0.2, 0.25) is 0 Å². The van der Waals surface area contributed by atoms with E-state index in [9.17, 15) is 4.79 Å². The first kappa shape index (κ1) is 6.79. The van der Waals surface area contributed by atoms with E-state index in [1.54, 1.807) is 0 Å². The Morgan fingerprint density at radius 1 is 1.23 bits per heavy atom.